The van der Waals surface area contributed by atoms with Crippen LogP contribution < -0.4 is 5.32 Å². The van der Waals surface area contributed by atoms with E-state index in [1.165, 1.54) is 6.92 Å². The molecule has 0 bridgehead atoms. The topological polar surface area (TPSA) is 55.4 Å². The van der Waals surface area contributed by atoms with Gasteiger partial charge in [-0.1, -0.05) is 0 Å². The van der Waals surface area contributed by atoms with E-state index in [4.69, 9.17) is 4.74 Å². The van der Waals surface area contributed by atoms with Gasteiger partial charge in [0.2, 0.25) is 5.91 Å². The summed E-state index contributed by atoms with van der Waals surface area (Å²) >= 11 is 0. The Hall–Kier alpha value is -1.06. The van der Waals surface area contributed by atoms with E-state index in [0.717, 1.165) is 0 Å². The molecule has 0 spiro atoms. The first-order valence-corrected chi connectivity index (χ1v) is 4.46. The van der Waals surface area contributed by atoms with Crippen molar-refractivity contribution >= 4 is 11.9 Å². The molecule has 0 saturated heterocycles. The molecule has 0 aliphatic carbocycles. The summed E-state index contributed by atoms with van der Waals surface area (Å²) in [6.07, 6.45) is 0.928. The van der Waals surface area contributed by atoms with Crippen LogP contribution in [-0.4, -0.2) is 24.5 Å². The average molecular weight is 187 g/mol. The van der Waals surface area contributed by atoms with Crippen molar-refractivity contribution in [3.8, 4) is 0 Å². The van der Waals surface area contributed by atoms with E-state index in [1.54, 1.807) is 0 Å². The van der Waals surface area contributed by atoms with Crippen molar-refractivity contribution in [1.29, 1.82) is 0 Å². The van der Waals surface area contributed by atoms with Gasteiger partial charge >= 0.3 is 5.97 Å². The predicted octanol–water partition coefficient (Wildman–Crippen LogP) is 0.854. The summed E-state index contributed by atoms with van der Waals surface area (Å²) in [7, 11) is 0. The third-order valence-electron chi connectivity index (χ3n) is 1.30. The Morgan fingerprint density at radius 3 is 2.46 bits per heavy atom. The number of carbonyl (C=O) groups excluding carboxylic acids is 2. The van der Waals surface area contributed by atoms with Gasteiger partial charge in [0.15, 0.2) is 0 Å². The van der Waals surface area contributed by atoms with Crippen molar-refractivity contribution in [2.45, 2.75) is 39.7 Å². The minimum atomic E-state index is -0.208. The molecule has 0 radical (unpaired) electrons. The molecule has 0 aromatic carbocycles. The molecule has 0 aromatic heterocycles. The molecule has 4 heteroatoms. The lowest BCUT2D eigenvalue weighted by Gasteiger charge is -2.07. The number of hydrogen-bond acceptors (Lipinski definition) is 3. The molecule has 1 amide bonds. The highest BCUT2D eigenvalue weighted by atomic mass is 16.5. The summed E-state index contributed by atoms with van der Waals surface area (Å²) in [5, 5.41) is 2.61. The lowest BCUT2D eigenvalue weighted by atomic mass is 10.3. The van der Waals surface area contributed by atoms with Crippen molar-refractivity contribution in [2.75, 3.05) is 6.54 Å². The molecule has 0 saturated carbocycles. The van der Waals surface area contributed by atoms with Crippen LogP contribution in [0.2, 0.25) is 0 Å². The average Bonchev–Trinajstić information content (AvgIpc) is 1.96. The standard InChI is InChI=1S/C9H17NO3/c1-7(2)13-9(12)5-4-6-10-8(3)11/h7H,4-6H2,1-3H3,(H,10,11). The van der Waals surface area contributed by atoms with Gasteiger partial charge in [-0.2, -0.15) is 0 Å². The first-order chi connectivity index (χ1) is 6.02. The fraction of sp³-hybridized carbons (Fsp3) is 0.778. The van der Waals surface area contributed by atoms with Gasteiger partial charge in [0.1, 0.15) is 0 Å². The molecule has 0 rings (SSSR count). The zero-order valence-electron chi connectivity index (χ0n) is 8.42. The zero-order valence-corrected chi connectivity index (χ0v) is 8.42. The van der Waals surface area contributed by atoms with Gasteiger partial charge in [-0.3, -0.25) is 9.59 Å². The lowest BCUT2D eigenvalue weighted by molar-refractivity contribution is -0.147. The van der Waals surface area contributed by atoms with Crippen LogP contribution in [0.15, 0.2) is 0 Å². The molecule has 76 valence electrons. The van der Waals surface area contributed by atoms with Crippen molar-refractivity contribution in [3.05, 3.63) is 0 Å². The Labute approximate surface area is 78.6 Å². The number of amides is 1. The molecule has 0 aliphatic rings. The Balaban J connectivity index is 3.32. The third-order valence-corrected chi connectivity index (χ3v) is 1.30. The van der Waals surface area contributed by atoms with Crippen LogP contribution in [0.3, 0.4) is 0 Å². The zero-order chi connectivity index (χ0) is 10.3. The normalized spacial score (nSPS) is 9.85. The van der Waals surface area contributed by atoms with Crippen LogP contribution in [-0.2, 0) is 14.3 Å². The Morgan fingerprint density at radius 2 is 2.00 bits per heavy atom. The number of nitrogens with one attached hydrogen (secondary N) is 1. The fourth-order valence-electron chi connectivity index (χ4n) is 0.819. The van der Waals surface area contributed by atoms with Crippen molar-refractivity contribution in [1.82, 2.24) is 5.32 Å². The minimum absolute atomic E-state index is 0.0618. The molecule has 0 aromatic rings. The van der Waals surface area contributed by atoms with E-state index in [0.29, 0.717) is 19.4 Å². The van der Waals surface area contributed by atoms with Gasteiger partial charge in [0.25, 0.3) is 0 Å². The highest BCUT2D eigenvalue weighted by molar-refractivity contribution is 5.73. The van der Waals surface area contributed by atoms with Gasteiger partial charge in [-0.25, -0.2) is 0 Å². The number of esters is 1. The smallest absolute Gasteiger partial charge is 0.306 e. The van der Waals surface area contributed by atoms with Gasteiger partial charge in [-0.05, 0) is 20.3 Å². The second-order valence-electron chi connectivity index (χ2n) is 3.13. The van der Waals surface area contributed by atoms with Crippen molar-refractivity contribution in [2.24, 2.45) is 0 Å². The van der Waals surface area contributed by atoms with Crippen LogP contribution in [0.1, 0.15) is 33.6 Å². The quantitative estimate of drug-likeness (QED) is 0.513. The van der Waals surface area contributed by atoms with E-state index in [9.17, 15) is 9.59 Å². The molecule has 0 unspecified atom stereocenters. The molecule has 4 nitrogen and oxygen atoms in total. The summed E-state index contributed by atoms with van der Waals surface area (Å²) in [5.74, 6) is -0.280. The first-order valence-electron chi connectivity index (χ1n) is 4.46. The molecular weight excluding hydrogens is 170 g/mol. The van der Waals surface area contributed by atoms with E-state index >= 15 is 0 Å². The minimum Gasteiger partial charge on any atom is -0.463 e. The number of rotatable bonds is 5. The fourth-order valence-corrected chi connectivity index (χ4v) is 0.819. The number of ether oxygens (including phenoxy) is 1. The van der Waals surface area contributed by atoms with Gasteiger partial charge in [0.05, 0.1) is 6.10 Å². The second kappa shape index (κ2) is 6.46. The summed E-state index contributed by atoms with van der Waals surface area (Å²) < 4.78 is 4.91. The summed E-state index contributed by atoms with van der Waals surface area (Å²) in [4.78, 5) is 21.4. The van der Waals surface area contributed by atoms with Crippen LogP contribution in [0.25, 0.3) is 0 Å². The first kappa shape index (κ1) is 11.9. The maximum absolute atomic E-state index is 11.0. The highest BCUT2D eigenvalue weighted by Gasteiger charge is 2.04. The molecule has 0 aliphatic heterocycles. The monoisotopic (exact) mass is 187 g/mol. The molecule has 13 heavy (non-hydrogen) atoms. The van der Waals surface area contributed by atoms with E-state index in [1.807, 2.05) is 13.8 Å². The Kier molecular flexibility index (Phi) is 5.93. The largest absolute Gasteiger partial charge is 0.463 e. The maximum Gasteiger partial charge on any atom is 0.306 e. The third kappa shape index (κ3) is 8.85. The van der Waals surface area contributed by atoms with Crippen LogP contribution in [0.4, 0.5) is 0 Å². The van der Waals surface area contributed by atoms with Crippen LogP contribution >= 0.6 is 0 Å². The second-order valence-corrected chi connectivity index (χ2v) is 3.13. The highest BCUT2D eigenvalue weighted by Crippen LogP contribution is 1.95. The summed E-state index contributed by atoms with van der Waals surface area (Å²) in [5.41, 5.74) is 0. The molecule has 0 fully saturated rings. The molecule has 1 N–H and O–H groups in total. The van der Waals surface area contributed by atoms with Crippen molar-refractivity contribution in [3.63, 3.8) is 0 Å². The van der Waals surface area contributed by atoms with Crippen LogP contribution in [0, 0.1) is 0 Å². The predicted molar refractivity (Wildman–Crippen MR) is 49.1 cm³/mol. The summed E-state index contributed by atoms with van der Waals surface area (Å²) in [6, 6.07) is 0. The Morgan fingerprint density at radius 1 is 1.38 bits per heavy atom. The van der Waals surface area contributed by atoms with Crippen molar-refractivity contribution < 1.29 is 14.3 Å². The maximum atomic E-state index is 11.0. The van der Waals surface area contributed by atoms with E-state index in [-0.39, 0.29) is 18.0 Å². The molecular formula is C9H17NO3. The SMILES string of the molecule is CC(=O)NCCCC(=O)OC(C)C. The van der Waals surface area contributed by atoms with Crippen LogP contribution in [0.5, 0.6) is 0 Å². The summed E-state index contributed by atoms with van der Waals surface area (Å²) in [6.45, 7) is 5.60. The van der Waals surface area contributed by atoms with E-state index in [2.05, 4.69) is 5.32 Å². The molecule has 0 heterocycles. The number of carbonyl (C=O) groups is 2. The van der Waals surface area contributed by atoms with Gasteiger partial charge in [0, 0.05) is 19.9 Å². The molecule has 0 atom stereocenters. The Bertz CT molecular complexity index is 178. The van der Waals surface area contributed by atoms with E-state index < -0.39 is 0 Å². The number of hydrogen-bond donors (Lipinski definition) is 1. The van der Waals surface area contributed by atoms with Gasteiger partial charge in [-0.15, -0.1) is 0 Å². The lowest BCUT2D eigenvalue weighted by Crippen LogP contribution is -2.22. The van der Waals surface area contributed by atoms with Gasteiger partial charge < -0.3 is 10.1 Å².